The molecule has 4 rings (SSSR count). The van der Waals surface area contributed by atoms with Crippen LogP contribution in [-0.2, 0) is 14.4 Å². The van der Waals surface area contributed by atoms with Gasteiger partial charge in [0, 0.05) is 23.3 Å². The Bertz CT molecular complexity index is 967. The third-order valence-electron chi connectivity index (χ3n) is 8.17. The van der Waals surface area contributed by atoms with E-state index in [-0.39, 0.29) is 12.0 Å². The van der Waals surface area contributed by atoms with Crippen LogP contribution in [0.5, 0.6) is 0 Å². The van der Waals surface area contributed by atoms with Crippen LogP contribution in [0.2, 0.25) is 0 Å². The molecule has 0 aromatic heterocycles. The first-order chi connectivity index (χ1) is 14.8. The van der Waals surface area contributed by atoms with Gasteiger partial charge in [-0.2, -0.15) is 0 Å². The van der Waals surface area contributed by atoms with E-state index in [1.165, 1.54) is 11.8 Å². The summed E-state index contributed by atoms with van der Waals surface area (Å²) in [5.74, 6) is -8.37. The summed E-state index contributed by atoms with van der Waals surface area (Å²) in [6, 6.07) is -1.08. The fourth-order valence-electron chi connectivity index (χ4n) is 6.65. The van der Waals surface area contributed by atoms with E-state index >= 15 is 0 Å². The van der Waals surface area contributed by atoms with E-state index in [4.69, 9.17) is 5.73 Å². The summed E-state index contributed by atoms with van der Waals surface area (Å²) in [6.07, 6.45) is 0.355. The van der Waals surface area contributed by atoms with E-state index in [0.29, 0.717) is 19.3 Å². The Labute approximate surface area is 185 Å². The highest BCUT2D eigenvalue weighted by molar-refractivity contribution is 6.24. The number of nitrogens with two attached hydrogens (primary N) is 1. The molecule has 0 aromatic carbocycles. The lowest BCUT2D eigenvalue weighted by Crippen LogP contribution is -2.67. The third-order valence-corrected chi connectivity index (χ3v) is 8.17. The molecule has 32 heavy (non-hydrogen) atoms. The number of Topliss-reactive ketones (excluding diaryl/α,β-unsaturated/α-hetero) is 2. The monoisotopic (exact) mass is 450 g/mol. The van der Waals surface area contributed by atoms with E-state index in [0.717, 1.165) is 0 Å². The minimum absolute atomic E-state index is 0.112. The van der Waals surface area contributed by atoms with Crippen LogP contribution in [0.1, 0.15) is 32.6 Å². The van der Waals surface area contributed by atoms with Crippen LogP contribution < -0.4 is 5.73 Å². The van der Waals surface area contributed by atoms with Gasteiger partial charge in [-0.05, 0) is 40.3 Å². The zero-order chi connectivity index (χ0) is 23.9. The van der Waals surface area contributed by atoms with Gasteiger partial charge in [-0.25, -0.2) is 0 Å². The molecule has 0 saturated heterocycles. The van der Waals surface area contributed by atoms with Gasteiger partial charge in [-0.15, -0.1) is 0 Å². The number of carbonyl (C=O) groups excluding carboxylic acids is 3. The number of rotatable bonds is 2. The molecular weight excluding hydrogens is 420 g/mol. The summed E-state index contributed by atoms with van der Waals surface area (Å²) in [5.41, 5.74) is -0.0392. The molecule has 176 valence electrons. The molecule has 0 radical (unpaired) electrons. The molecule has 4 aliphatic rings. The fraction of sp³-hybridized carbons (Fsp3) is 0.682. The Morgan fingerprint density at radius 1 is 1.12 bits per heavy atom. The van der Waals surface area contributed by atoms with Gasteiger partial charge in [0.15, 0.2) is 11.4 Å². The van der Waals surface area contributed by atoms with Gasteiger partial charge < -0.3 is 31.3 Å². The van der Waals surface area contributed by atoms with Crippen LogP contribution in [-0.4, -0.2) is 85.3 Å². The van der Waals surface area contributed by atoms with Gasteiger partial charge in [-0.3, -0.25) is 19.3 Å². The molecule has 0 spiro atoms. The average molecular weight is 450 g/mol. The van der Waals surface area contributed by atoms with Crippen molar-refractivity contribution in [1.29, 1.82) is 0 Å². The second-order valence-electron chi connectivity index (χ2n) is 10.0. The van der Waals surface area contributed by atoms with Crippen LogP contribution in [0.3, 0.4) is 0 Å². The first-order valence-corrected chi connectivity index (χ1v) is 10.8. The maximum Gasteiger partial charge on any atom is 0.255 e. The average Bonchev–Trinajstić information content (AvgIpc) is 2.68. The Kier molecular flexibility index (Phi) is 5.09. The van der Waals surface area contributed by atoms with E-state index in [1.54, 1.807) is 14.1 Å². The van der Waals surface area contributed by atoms with E-state index in [1.807, 2.05) is 0 Å². The number of amides is 1. The van der Waals surface area contributed by atoms with Crippen molar-refractivity contribution in [2.45, 2.75) is 56.0 Å². The van der Waals surface area contributed by atoms with Crippen molar-refractivity contribution < 1.29 is 39.9 Å². The highest BCUT2D eigenvalue weighted by atomic mass is 16.3. The van der Waals surface area contributed by atoms with Crippen molar-refractivity contribution in [3.05, 3.63) is 22.7 Å². The molecule has 10 heteroatoms. The predicted octanol–water partition coefficient (Wildman–Crippen LogP) is -0.913. The first-order valence-electron chi connectivity index (χ1n) is 10.8. The summed E-state index contributed by atoms with van der Waals surface area (Å²) < 4.78 is 0. The summed E-state index contributed by atoms with van der Waals surface area (Å²) >= 11 is 0. The lowest BCUT2D eigenvalue weighted by molar-refractivity contribution is -0.171. The number of ketones is 2. The molecule has 4 aliphatic carbocycles. The van der Waals surface area contributed by atoms with Crippen LogP contribution in [0.15, 0.2) is 22.7 Å². The van der Waals surface area contributed by atoms with Crippen molar-refractivity contribution in [2.24, 2.45) is 29.4 Å². The largest absolute Gasteiger partial charge is 0.510 e. The smallest absolute Gasteiger partial charge is 0.255 e. The van der Waals surface area contributed by atoms with Crippen LogP contribution in [0, 0.1) is 23.7 Å². The highest BCUT2D eigenvalue weighted by Gasteiger charge is 2.67. The van der Waals surface area contributed by atoms with Crippen molar-refractivity contribution in [2.75, 3.05) is 14.1 Å². The molecule has 0 aliphatic heterocycles. The number of aliphatic hydroxyl groups is 5. The lowest BCUT2D eigenvalue weighted by Gasteiger charge is -2.57. The molecule has 4 unspecified atom stereocenters. The number of carbonyl (C=O) groups is 3. The number of likely N-dealkylation sites (N-methyl/N-ethyl adjacent to an activating group) is 1. The minimum Gasteiger partial charge on any atom is -0.510 e. The summed E-state index contributed by atoms with van der Waals surface area (Å²) in [4.78, 5) is 40.1. The van der Waals surface area contributed by atoms with Crippen LogP contribution >= 0.6 is 0 Å². The molecule has 7 N–H and O–H groups in total. The molecule has 0 heterocycles. The third kappa shape index (κ3) is 2.70. The van der Waals surface area contributed by atoms with Gasteiger partial charge in [0.25, 0.3) is 5.91 Å². The molecule has 0 aromatic rings. The van der Waals surface area contributed by atoms with E-state index in [9.17, 15) is 39.9 Å². The maximum absolute atomic E-state index is 13.4. The van der Waals surface area contributed by atoms with Gasteiger partial charge >= 0.3 is 0 Å². The SMILES string of the molecule is CN(C)[C@@H]1C(O)=C(C(N)=O)C(=O)[C@@]2(O)C(O)=C3C(=O)C4C(O)CCCC4[C@@](C)(O)C3C[C@@H]12. The Hall–Kier alpha value is -2.27. The van der Waals surface area contributed by atoms with E-state index in [2.05, 4.69) is 0 Å². The lowest BCUT2D eigenvalue weighted by atomic mass is 9.50. The molecule has 0 bridgehead atoms. The van der Waals surface area contributed by atoms with Crippen molar-refractivity contribution >= 4 is 17.5 Å². The quantitative estimate of drug-likeness (QED) is 0.290. The topological polar surface area (TPSA) is 182 Å². The number of hydrogen-bond donors (Lipinski definition) is 6. The number of primary amides is 1. The summed E-state index contributed by atoms with van der Waals surface area (Å²) in [5, 5.41) is 55.6. The summed E-state index contributed by atoms with van der Waals surface area (Å²) in [7, 11) is 3.12. The van der Waals surface area contributed by atoms with E-state index < -0.39 is 81.6 Å². The van der Waals surface area contributed by atoms with Gasteiger partial charge in [0.1, 0.15) is 17.1 Å². The van der Waals surface area contributed by atoms with Gasteiger partial charge in [0.05, 0.1) is 23.7 Å². The van der Waals surface area contributed by atoms with Crippen molar-refractivity contribution in [3.8, 4) is 0 Å². The molecule has 2 fully saturated rings. The maximum atomic E-state index is 13.4. The second kappa shape index (κ2) is 7.11. The first kappa shape index (κ1) is 22.9. The number of aliphatic hydroxyl groups excluding tert-OH is 3. The summed E-state index contributed by atoms with van der Waals surface area (Å²) in [6.45, 7) is 1.54. The molecule has 8 atom stereocenters. The number of hydrogen-bond acceptors (Lipinski definition) is 9. The Balaban J connectivity index is 1.97. The predicted molar refractivity (Wildman–Crippen MR) is 110 cm³/mol. The Morgan fingerprint density at radius 2 is 1.75 bits per heavy atom. The number of fused-ring (bicyclic) bond motifs is 3. The zero-order valence-corrected chi connectivity index (χ0v) is 18.3. The van der Waals surface area contributed by atoms with Gasteiger partial charge in [0.2, 0.25) is 5.78 Å². The van der Waals surface area contributed by atoms with Crippen molar-refractivity contribution in [3.63, 3.8) is 0 Å². The molecule has 10 nitrogen and oxygen atoms in total. The normalized spacial score (nSPS) is 44.3. The number of nitrogens with zero attached hydrogens (tertiary/aromatic N) is 1. The molecule has 2 saturated carbocycles. The second-order valence-corrected chi connectivity index (χ2v) is 10.0. The standard InChI is InChI=1S/C22H30N2O8/c1-21(31)8-5-4-6-11(25)12(8)16(26)13-9(21)7-10-15(24(2)3)17(27)14(20(23)30)19(29)22(10,32)18(13)28/h8-12,15,25,27-28,31-32H,4-7H2,1-3H3,(H2,23,30)/t8?,9?,10-,11?,12?,15-,21+,22-/m0/s1. The molecule has 1 amide bonds. The van der Waals surface area contributed by atoms with Crippen molar-refractivity contribution in [1.82, 2.24) is 4.90 Å². The zero-order valence-electron chi connectivity index (χ0n) is 18.3. The highest BCUT2D eigenvalue weighted by Crippen LogP contribution is 2.57. The Morgan fingerprint density at radius 3 is 2.31 bits per heavy atom. The molecular formula is C22H30N2O8. The minimum atomic E-state index is -2.68. The van der Waals surface area contributed by atoms with Crippen LogP contribution in [0.25, 0.3) is 0 Å². The van der Waals surface area contributed by atoms with Crippen LogP contribution in [0.4, 0.5) is 0 Å². The fourth-order valence-corrected chi connectivity index (χ4v) is 6.65. The van der Waals surface area contributed by atoms with Gasteiger partial charge in [-0.1, -0.05) is 6.42 Å².